The van der Waals surface area contributed by atoms with Crippen LogP contribution in [-0.2, 0) is 0 Å². The summed E-state index contributed by atoms with van der Waals surface area (Å²) >= 11 is 2.22. The van der Waals surface area contributed by atoms with Crippen molar-refractivity contribution < 1.29 is 4.79 Å². The molecule has 1 fully saturated rings. The van der Waals surface area contributed by atoms with Crippen molar-refractivity contribution in [1.82, 2.24) is 4.90 Å². The second-order valence-electron chi connectivity index (χ2n) is 6.39. The van der Waals surface area contributed by atoms with Crippen LogP contribution in [0, 0.1) is 10.5 Å². The average molecular weight is 449 g/mol. The van der Waals surface area contributed by atoms with Crippen LogP contribution >= 0.6 is 22.6 Å². The highest BCUT2D eigenvalue weighted by Gasteiger charge is 2.17. The maximum absolute atomic E-state index is 12.4. The van der Waals surface area contributed by atoms with Crippen molar-refractivity contribution in [2.45, 2.75) is 13.8 Å². The van der Waals surface area contributed by atoms with Crippen LogP contribution in [0.15, 0.2) is 42.5 Å². The summed E-state index contributed by atoms with van der Waals surface area (Å²) in [6, 6.07) is 13.8. The van der Waals surface area contributed by atoms with Gasteiger partial charge < -0.3 is 15.1 Å². The van der Waals surface area contributed by atoms with E-state index in [0.717, 1.165) is 42.0 Å². The number of rotatable bonds is 4. The zero-order valence-corrected chi connectivity index (χ0v) is 16.9. The van der Waals surface area contributed by atoms with Gasteiger partial charge in [-0.25, -0.2) is 0 Å². The molecule has 0 aromatic heterocycles. The summed E-state index contributed by atoms with van der Waals surface area (Å²) in [7, 11) is 0. The molecule has 25 heavy (non-hydrogen) atoms. The average Bonchev–Trinajstić information content (AvgIpc) is 2.62. The normalized spacial score (nSPS) is 15.2. The molecule has 1 aliphatic heterocycles. The van der Waals surface area contributed by atoms with Gasteiger partial charge in [0.25, 0.3) is 5.91 Å². The minimum Gasteiger partial charge on any atom is -0.369 e. The number of anilines is 2. The topological polar surface area (TPSA) is 35.6 Å². The number of carbonyl (C=O) groups excluding carboxylic acids is 1. The lowest BCUT2D eigenvalue weighted by Gasteiger charge is -2.36. The highest BCUT2D eigenvalue weighted by molar-refractivity contribution is 14.1. The molecule has 0 aliphatic carbocycles. The van der Waals surface area contributed by atoms with Gasteiger partial charge in [0, 0.05) is 46.7 Å². The molecule has 0 saturated carbocycles. The Balaban J connectivity index is 1.69. The fraction of sp³-hybridized carbons (Fsp3) is 0.350. The van der Waals surface area contributed by atoms with Crippen molar-refractivity contribution >= 4 is 39.9 Å². The van der Waals surface area contributed by atoms with E-state index >= 15 is 0 Å². The van der Waals surface area contributed by atoms with Crippen molar-refractivity contribution in [2.24, 2.45) is 0 Å². The number of carbonyl (C=O) groups is 1. The Morgan fingerprint density at radius 2 is 1.88 bits per heavy atom. The van der Waals surface area contributed by atoms with E-state index in [-0.39, 0.29) is 5.91 Å². The third-order valence-electron chi connectivity index (χ3n) is 4.70. The molecule has 2 aromatic rings. The molecule has 3 rings (SSSR count). The Morgan fingerprint density at radius 3 is 2.52 bits per heavy atom. The molecular weight excluding hydrogens is 425 g/mol. The van der Waals surface area contributed by atoms with Crippen LogP contribution in [0.4, 0.5) is 11.4 Å². The van der Waals surface area contributed by atoms with E-state index in [1.165, 1.54) is 11.3 Å². The largest absolute Gasteiger partial charge is 0.369 e. The number of hydrogen-bond donors (Lipinski definition) is 1. The summed E-state index contributed by atoms with van der Waals surface area (Å²) in [5.41, 5.74) is 4.00. The molecule has 0 spiro atoms. The lowest BCUT2D eigenvalue weighted by atomic mass is 10.1. The first-order chi connectivity index (χ1) is 12.1. The van der Waals surface area contributed by atoms with Gasteiger partial charge in [0.1, 0.15) is 0 Å². The maximum atomic E-state index is 12.4. The quantitative estimate of drug-likeness (QED) is 0.718. The summed E-state index contributed by atoms with van der Waals surface area (Å²) in [5, 5.41) is 3.00. The first kappa shape index (κ1) is 18.2. The van der Waals surface area contributed by atoms with E-state index in [0.29, 0.717) is 5.56 Å². The van der Waals surface area contributed by atoms with E-state index < -0.39 is 0 Å². The van der Waals surface area contributed by atoms with Crippen molar-refractivity contribution in [3.05, 3.63) is 57.2 Å². The van der Waals surface area contributed by atoms with Gasteiger partial charge in [0.05, 0.1) is 0 Å². The lowest BCUT2D eigenvalue weighted by Crippen LogP contribution is -2.46. The van der Waals surface area contributed by atoms with E-state index in [1.54, 1.807) is 0 Å². The van der Waals surface area contributed by atoms with Crippen molar-refractivity contribution in [2.75, 3.05) is 42.9 Å². The molecule has 1 saturated heterocycles. The molecule has 0 atom stereocenters. The summed E-state index contributed by atoms with van der Waals surface area (Å²) in [6.07, 6.45) is 0. The Hall–Kier alpha value is -1.60. The predicted octanol–water partition coefficient (Wildman–Crippen LogP) is 3.99. The van der Waals surface area contributed by atoms with Gasteiger partial charge in [0.15, 0.2) is 0 Å². The number of amides is 1. The Labute approximate surface area is 163 Å². The van der Waals surface area contributed by atoms with Gasteiger partial charge in [-0.05, 0) is 78.0 Å². The maximum Gasteiger partial charge on any atom is 0.255 e. The lowest BCUT2D eigenvalue weighted by molar-refractivity contribution is 0.102. The molecule has 4 nitrogen and oxygen atoms in total. The molecule has 1 amide bonds. The van der Waals surface area contributed by atoms with Gasteiger partial charge in [0.2, 0.25) is 0 Å². The van der Waals surface area contributed by atoms with E-state index in [2.05, 4.69) is 63.7 Å². The van der Waals surface area contributed by atoms with Crippen LogP contribution in [0.5, 0.6) is 0 Å². The number of likely N-dealkylation sites (N-methyl/N-ethyl adjacent to an activating group) is 1. The first-order valence-corrected chi connectivity index (χ1v) is 9.79. The van der Waals surface area contributed by atoms with Crippen LogP contribution in [0.1, 0.15) is 22.8 Å². The molecule has 0 bridgehead atoms. The van der Waals surface area contributed by atoms with Crippen LogP contribution in [0.25, 0.3) is 0 Å². The molecule has 1 N–H and O–H groups in total. The number of halogens is 1. The second-order valence-corrected chi connectivity index (χ2v) is 7.63. The fourth-order valence-corrected chi connectivity index (χ4v) is 3.77. The molecular formula is C20H24IN3O. The summed E-state index contributed by atoms with van der Waals surface area (Å²) in [5.74, 6) is -0.0674. The highest BCUT2D eigenvalue weighted by atomic mass is 127. The Morgan fingerprint density at radius 1 is 1.12 bits per heavy atom. The van der Waals surface area contributed by atoms with E-state index in [9.17, 15) is 4.79 Å². The number of aryl methyl sites for hydroxylation is 1. The smallest absolute Gasteiger partial charge is 0.255 e. The van der Waals surface area contributed by atoms with Gasteiger partial charge in [-0.3, -0.25) is 4.79 Å². The van der Waals surface area contributed by atoms with Crippen LogP contribution in [0.3, 0.4) is 0 Å². The number of piperazine rings is 1. The third kappa shape index (κ3) is 4.52. The monoisotopic (exact) mass is 449 g/mol. The Kier molecular flexibility index (Phi) is 5.96. The van der Waals surface area contributed by atoms with Crippen LogP contribution < -0.4 is 10.2 Å². The minimum absolute atomic E-state index is 0.0674. The second kappa shape index (κ2) is 8.19. The van der Waals surface area contributed by atoms with Crippen molar-refractivity contribution in [3.8, 4) is 0 Å². The first-order valence-electron chi connectivity index (χ1n) is 8.71. The van der Waals surface area contributed by atoms with Crippen LogP contribution in [-0.4, -0.2) is 43.5 Å². The van der Waals surface area contributed by atoms with Gasteiger partial charge in [-0.1, -0.05) is 13.0 Å². The summed E-state index contributed by atoms with van der Waals surface area (Å²) in [6.45, 7) is 9.79. The molecule has 2 aromatic carbocycles. The number of nitrogens with zero attached hydrogens (tertiary/aromatic N) is 2. The number of hydrogen-bond acceptors (Lipinski definition) is 3. The van der Waals surface area contributed by atoms with E-state index in [4.69, 9.17) is 0 Å². The molecule has 5 heteroatoms. The highest BCUT2D eigenvalue weighted by Crippen LogP contribution is 2.25. The predicted molar refractivity (Wildman–Crippen MR) is 113 cm³/mol. The number of nitrogens with one attached hydrogen (secondary N) is 1. The van der Waals surface area contributed by atoms with Crippen LogP contribution in [0.2, 0.25) is 0 Å². The van der Waals surface area contributed by atoms with Crippen molar-refractivity contribution in [1.29, 1.82) is 0 Å². The van der Waals surface area contributed by atoms with Gasteiger partial charge in [-0.15, -0.1) is 0 Å². The summed E-state index contributed by atoms with van der Waals surface area (Å²) < 4.78 is 1.06. The molecule has 1 aliphatic rings. The Bertz CT molecular complexity index is 754. The molecule has 0 radical (unpaired) electrons. The molecule has 132 valence electrons. The fourth-order valence-electron chi connectivity index (χ4n) is 3.23. The molecule has 1 heterocycles. The zero-order valence-electron chi connectivity index (χ0n) is 14.8. The molecule has 0 unspecified atom stereocenters. The number of benzene rings is 2. The zero-order chi connectivity index (χ0) is 17.8. The van der Waals surface area contributed by atoms with Gasteiger partial charge in [-0.2, -0.15) is 0 Å². The van der Waals surface area contributed by atoms with Crippen molar-refractivity contribution in [3.63, 3.8) is 0 Å². The standard InChI is InChI=1S/C20H24IN3O/c1-3-23-9-11-24(12-10-23)19-8-7-18(13-15(19)2)22-20(25)16-5-4-6-17(21)14-16/h4-8,13-14H,3,9-12H2,1-2H3,(H,22,25). The summed E-state index contributed by atoms with van der Waals surface area (Å²) in [4.78, 5) is 17.3. The SMILES string of the molecule is CCN1CCN(c2ccc(NC(=O)c3cccc(I)c3)cc2C)CC1. The van der Waals surface area contributed by atoms with Gasteiger partial charge >= 0.3 is 0 Å². The minimum atomic E-state index is -0.0674. The van der Waals surface area contributed by atoms with E-state index in [1.807, 2.05) is 30.3 Å². The third-order valence-corrected chi connectivity index (χ3v) is 5.37.